The third-order valence-corrected chi connectivity index (χ3v) is 6.44. The number of benzene rings is 3. The number of hydrogen-bond acceptors (Lipinski definition) is 2. The van der Waals surface area contributed by atoms with Crippen LogP contribution in [0, 0.1) is 5.82 Å². The SMILES string of the molecule is CCC(C)NC(=O)C(CC)N(Cc1ccc(F)cc1)C(=O)CC(c1ccccc1)c1ccccc1. The molecule has 0 aliphatic carbocycles. The van der Waals surface area contributed by atoms with E-state index < -0.39 is 6.04 Å². The van der Waals surface area contributed by atoms with Crippen molar-refractivity contribution in [3.05, 3.63) is 107 Å². The second-order valence-corrected chi connectivity index (χ2v) is 8.97. The molecular weight excluding hydrogens is 439 g/mol. The Morgan fingerprint density at radius 2 is 1.37 bits per heavy atom. The van der Waals surface area contributed by atoms with Gasteiger partial charge in [-0.2, -0.15) is 0 Å². The van der Waals surface area contributed by atoms with E-state index in [0.29, 0.717) is 6.42 Å². The van der Waals surface area contributed by atoms with Gasteiger partial charge in [0.05, 0.1) is 0 Å². The Labute approximate surface area is 208 Å². The smallest absolute Gasteiger partial charge is 0.243 e. The molecule has 4 nitrogen and oxygen atoms in total. The lowest BCUT2D eigenvalue weighted by atomic mass is 9.88. The van der Waals surface area contributed by atoms with Gasteiger partial charge >= 0.3 is 0 Å². The van der Waals surface area contributed by atoms with Crippen molar-refractivity contribution in [2.75, 3.05) is 0 Å². The lowest BCUT2D eigenvalue weighted by Gasteiger charge is -2.33. The first-order valence-electron chi connectivity index (χ1n) is 12.4. The molecule has 2 atom stereocenters. The number of carbonyl (C=O) groups is 2. The Hall–Kier alpha value is -3.47. The van der Waals surface area contributed by atoms with Crippen LogP contribution in [-0.4, -0.2) is 28.8 Å². The van der Waals surface area contributed by atoms with Gasteiger partial charge < -0.3 is 10.2 Å². The highest BCUT2D eigenvalue weighted by molar-refractivity contribution is 5.88. The number of nitrogens with one attached hydrogen (secondary N) is 1. The summed E-state index contributed by atoms with van der Waals surface area (Å²) in [6, 6.07) is 25.4. The highest BCUT2D eigenvalue weighted by Gasteiger charge is 2.31. The highest BCUT2D eigenvalue weighted by atomic mass is 19.1. The molecular formula is C30H35FN2O2. The Bertz CT molecular complexity index is 1030. The molecule has 35 heavy (non-hydrogen) atoms. The van der Waals surface area contributed by atoms with Gasteiger partial charge in [-0.25, -0.2) is 4.39 Å². The van der Waals surface area contributed by atoms with E-state index in [1.807, 2.05) is 81.4 Å². The molecule has 3 aromatic carbocycles. The van der Waals surface area contributed by atoms with Crippen molar-refractivity contribution < 1.29 is 14.0 Å². The summed E-state index contributed by atoms with van der Waals surface area (Å²) in [7, 11) is 0. The molecule has 0 aromatic heterocycles. The normalized spacial score (nSPS) is 12.7. The van der Waals surface area contributed by atoms with Gasteiger partial charge in [-0.1, -0.05) is 86.6 Å². The maximum absolute atomic E-state index is 13.9. The van der Waals surface area contributed by atoms with Gasteiger partial charge in [-0.05, 0) is 48.6 Å². The average molecular weight is 475 g/mol. The van der Waals surface area contributed by atoms with Gasteiger partial charge in [-0.15, -0.1) is 0 Å². The fraction of sp³-hybridized carbons (Fsp3) is 0.333. The minimum absolute atomic E-state index is 0.0145. The molecule has 1 N–H and O–H groups in total. The second kappa shape index (κ2) is 12.8. The van der Waals surface area contributed by atoms with Gasteiger partial charge in [0.2, 0.25) is 11.8 Å². The van der Waals surface area contributed by atoms with Crippen LogP contribution in [-0.2, 0) is 16.1 Å². The zero-order chi connectivity index (χ0) is 25.2. The van der Waals surface area contributed by atoms with Crippen LogP contribution >= 0.6 is 0 Å². The van der Waals surface area contributed by atoms with E-state index in [1.54, 1.807) is 17.0 Å². The molecule has 3 rings (SSSR count). The van der Waals surface area contributed by atoms with Gasteiger partial charge in [0.25, 0.3) is 0 Å². The summed E-state index contributed by atoms with van der Waals surface area (Å²) in [4.78, 5) is 28.8. The Morgan fingerprint density at radius 3 is 1.86 bits per heavy atom. The first-order valence-corrected chi connectivity index (χ1v) is 12.4. The molecule has 0 heterocycles. The predicted octanol–water partition coefficient (Wildman–Crippen LogP) is 6.07. The number of hydrogen-bond donors (Lipinski definition) is 1. The first kappa shape index (κ1) is 26.1. The molecule has 2 amide bonds. The zero-order valence-electron chi connectivity index (χ0n) is 20.8. The topological polar surface area (TPSA) is 49.4 Å². The van der Waals surface area contributed by atoms with E-state index in [0.717, 1.165) is 23.1 Å². The molecule has 2 unspecified atom stereocenters. The van der Waals surface area contributed by atoms with Crippen LogP contribution in [0.3, 0.4) is 0 Å². The molecule has 3 aromatic rings. The molecule has 0 saturated heterocycles. The number of halogens is 1. The van der Waals surface area contributed by atoms with Crippen molar-refractivity contribution in [1.82, 2.24) is 10.2 Å². The largest absolute Gasteiger partial charge is 0.352 e. The van der Waals surface area contributed by atoms with E-state index >= 15 is 0 Å². The van der Waals surface area contributed by atoms with E-state index in [1.165, 1.54) is 12.1 Å². The van der Waals surface area contributed by atoms with Crippen molar-refractivity contribution in [3.8, 4) is 0 Å². The average Bonchev–Trinajstić information content (AvgIpc) is 2.89. The monoisotopic (exact) mass is 474 g/mol. The molecule has 0 saturated carbocycles. The molecule has 5 heteroatoms. The maximum Gasteiger partial charge on any atom is 0.243 e. The summed E-state index contributed by atoms with van der Waals surface area (Å²) in [6.07, 6.45) is 1.51. The Balaban J connectivity index is 1.94. The fourth-order valence-electron chi connectivity index (χ4n) is 4.24. The van der Waals surface area contributed by atoms with Gasteiger partial charge in [-0.3, -0.25) is 9.59 Å². The quantitative estimate of drug-likeness (QED) is 0.367. The lowest BCUT2D eigenvalue weighted by molar-refractivity contribution is -0.141. The van der Waals surface area contributed by atoms with Crippen LogP contribution < -0.4 is 5.32 Å². The summed E-state index contributed by atoms with van der Waals surface area (Å²) in [5, 5.41) is 3.03. The minimum atomic E-state index is -0.617. The van der Waals surface area contributed by atoms with Crippen LogP contribution in [0.1, 0.15) is 62.6 Å². The summed E-state index contributed by atoms with van der Waals surface area (Å²) in [6.45, 7) is 6.12. The highest BCUT2D eigenvalue weighted by Crippen LogP contribution is 2.29. The summed E-state index contributed by atoms with van der Waals surface area (Å²) in [5.74, 6) is -0.747. The molecule has 0 bridgehead atoms. The molecule has 0 fully saturated rings. The Kier molecular flexibility index (Phi) is 9.59. The van der Waals surface area contributed by atoms with Crippen molar-refractivity contribution in [1.29, 1.82) is 0 Å². The van der Waals surface area contributed by atoms with E-state index in [4.69, 9.17) is 0 Å². The zero-order valence-corrected chi connectivity index (χ0v) is 20.8. The van der Waals surface area contributed by atoms with Crippen LogP contribution in [0.2, 0.25) is 0 Å². The summed E-state index contributed by atoms with van der Waals surface area (Å²) >= 11 is 0. The first-order chi connectivity index (χ1) is 16.9. The molecule has 0 aliphatic rings. The summed E-state index contributed by atoms with van der Waals surface area (Å²) < 4.78 is 13.5. The van der Waals surface area contributed by atoms with E-state index in [-0.39, 0.29) is 42.6 Å². The lowest BCUT2D eigenvalue weighted by Crippen LogP contribution is -2.51. The standard InChI is InChI=1S/C30H35FN2O2/c1-4-22(3)32-30(35)28(5-2)33(21-23-16-18-26(31)19-17-23)29(34)20-27(24-12-8-6-9-13-24)25-14-10-7-11-15-25/h6-19,22,27-28H,4-5,20-21H2,1-3H3,(H,32,35). The van der Waals surface area contributed by atoms with Gasteiger partial charge in [0.15, 0.2) is 0 Å². The number of carbonyl (C=O) groups excluding carboxylic acids is 2. The van der Waals surface area contributed by atoms with Crippen molar-refractivity contribution in [2.24, 2.45) is 0 Å². The predicted molar refractivity (Wildman–Crippen MR) is 138 cm³/mol. The van der Waals surface area contributed by atoms with Crippen LogP contribution in [0.5, 0.6) is 0 Å². The molecule has 0 radical (unpaired) electrons. The molecule has 184 valence electrons. The van der Waals surface area contributed by atoms with E-state index in [2.05, 4.69) is 5.32 Å². The van der Waals surface area contributed by atoms with Crippen molar-refractivity contribution in [2.45, 2.75) is 64.6 Å². The number of rotatable bonds is 11. The van der Waals surface area contributed by atoms with Crippen molar-refractivity contribution >= 4 is 11.8 Å². The third-order valence-electron chi connectivity index (χ3n) is 6.44. The summed E-state index contributed by atoms with van der Waals surface area (Å²) in [5.41, 5.74) is 2.88. The van der Waals surface area contributed by atoms with Gasteiger partial charge in [0.1, 0.15) is 11.9 Å². The minimum Gasteiger partial charge on any atom is -0.352 e. The Morgan fingerprint density at radius 1 is 0.829 bits per heavy atom. The molecule has 0 aliphatic heterocycles. The second-order valence-electron chi connectivity index (χ2n) is 8.97. The fourth-order valence-corrected chi connectivity index (χ4v) is 4.24. The number of amides is 2. The van der Waals surface area contributed by atoms with Crippen LogP contribution in [0.25, 0.3) is 0 Å². The van der Waals surface area contributed by atoms with Gasteiger partial charge in [0, 0.05) is 24.9 Å². The van der Waals surface area contributed by atoms with Crippen LogP contribution in [0.4, 0.5) is 4.39 Å². The number of nitrogens with zero attached hydrogens (tertiary/aromatic N) is 1. The maximum atomic E-state index is 13.9. The van der Waals surface area contributed by atoms with Crippen LogP contribution in [0.15, 0.2) is 84.9 Å². The van der Waals surface area contributed by atoms with Crippen molar-refractivity contribution in [3.63, 3.8) is 0 Å². The van der Waals surface area contributed by atoms with E-state index in [9.17, 15) is 14.0 Å². The third kappa shape index (κ3) is 7.25. The molecule has 0 spiro atoms.